The van der Waals surface area contributed by atoms with Crippen molar-refractivity contribution in [3.05, 3.63) is 0 Å². The Bertz CT molecular complexity index is 245. The highest BCUT2D eigenvalue weighted by atomic mass is 16.1. The van der Waals surface area contributed by atoms with Gasteiger partial charge in [0.25, 0.3) is 0 Å². The molecule has 0 N–H and O–H groups in total. The summed E-state index contributed by atoms with van der Waals surface area (Å²) >= 11 is 0. The number of rotatable bonds is 0. The van der Waals surface area contributed by atoms with E-state index >= 15 is 0 Å². The second-order valence-electron chi connectivity index (χ2n) is 5.21. The van der Waals surface area contributed by atoms with E-state index in [1.165, 1.54) is 25.7 Å². The predicted octanol–water partition coefficient (Wildman–Crippen LogP) is 2.40. The molecule has 0 spiro atoms. The van der Waals surface area contributed by atoms with E-state index in [2.05, 4.69) is 6.92 Å². The van der Waals surface area contributed by atoms with E-state index in [1.54, 1.807) is 0 Å². The second kappa shape index (κ2) is 1.94. The van der Waals surface area contributed by atoms with Gasteiger partial charge in [-0.05, 0) is 37.0 Å². The molecule has 0 aliphatic heterocycles. The van der Waals surface area contributed by atoms with E-state index in [4.69, 9.17) is 0 Å². The van der Waals surface area contributed by atoms with Crippen LogP contribution >= 0.6 is 0 Å². The van der Waals surface area contributed by atoms with E-state index in [9.17, 15) is 4.79 Å². The third-order valence-electron chi connectivity index (χ3n) is 4.76. The first kappa shape index (κ1) is 7.11. The first-order chi connectivity index (χ1) is 5.72. The van der Waals surface area contributed by atoms with Crippen LogP contribution < -0.4 is 0 Å². The molecule has 0 aromatic rings. The van der Waals surface area contributed by atoms with E-state index < -0.39 is 0 Å². The summed E-state index contributed by atoms with van der Waals surface area (Å²) in [5.74, 6) is 3.09. The van der Waals surface area contributed by atoms with Crippen molar-refractivity contribution in [1.82, 2.24) is 0 Å². The number of fused-ring (bicyclic) bond motifs is 5. The van der Waals surface area contributed by atoms with Gasteiger partial charge in [0.2, 0.25) is 0 Å². The highest BCUT2D eigenvalue weighted by molar-refractivity contribution is 5.88. The Hall–Kier alpha value is -0.330. The summed E-state index contributed by atoms with van der Waals surface area (Å²) in [5, 5.41) is 0. The molecule has 1 heteroatoms. The van der Waals surface area contributed by atoms with Crippen LogP contribution in [0.5, 0.6) is 0 Å². The minimum Gasteiger partial charge on any atom is -0.299 e. The molecule has 2 unspecified atom stereocenters. The van der Waals surface area contributed by atoms with Crippen molar-refractivity contribution in [3.63, 3.8) is 0 Å². The van der Waals surface area contributed by atoms with Gasteiger partial charge in [-0.3, -0.25) is 4.79 Å². The molecule has 66 valence electrons. The largest absolute Gasteiger partial charge is 0.299 e. The maximum Gasteiger partial charge on any atom is 0.139 e. The molecule has 1 nitrogen and oxygen atoms in total. The zero-order valence-corrected chi connectivity index (χ0v) is 7.68. The number of Topliss-reactive ketones (excluding diaryl/α,β-unsaturated/α-hetero) is 1. The average Bonchev–Trinajstić information content (AvgIpc) is 2.60. The lowest BCUT2D eigenvalue weighted by Crippen LogP contribution is -2.33. The Balaban J connectivity index is 2.03. The molecule has 0 aromatic carbocycles. The summed E-state index contributed by atoms with van der Waals surface area (Å²) in [4.78, 5) is 11.7. The van der Waals surface area contributed by atoms with Crippen LogP contribution in [-0.4, -0.2) is 5.78 Å². The van der Waals surface area contributed by atoms with Gasteiger partial charge in [0.1, 0.15) is 5.78 Å². The van der Waals surface area contributed by atoms with Crippen LogP contribution in [0.2, 0.25) is 0 Å². The molecule has 3 fully saturated rings. The monoisotopic (exact) mass is 164 g/mol. The molecule has 0 radical (unpaired) electrons. The summed E-state index contributed by atoms with van der Waals surface area (Å²) in [6.07, 6.45) is 6.27. The average molecular weight is 164 g/mol. The zero-order chi connectivity index (χ0) is 8.34. The van der Waals surface area contributed by atoms with E-state index in [0.717, 1.165) is 24.2 Å². The van der Waals surface area contributed by atoms with Gasteiger partial charge >= 0.3 is 0 Å². The number of ketones is 1. The van der Waals surface area contributed by atoms with E-state index in [0.29, 0.717) is 5.78 Å². The summed E-state index contributed by atoms with van der Waals surface area (Å²) in [7, 11) is 0. The normalized spacial score (nSPS) is 56.4. The lowest BCUT2D eigenvalue weighted by Gasteiger charge is -2.30. The Morgan fingerprint density at radius 2 is 2.25 bits per heavy atom. The molecule has 3 aliphatic carbocycles. The molecular formula is C11H16O. The molecule has 12 heavy (non-hydrogen) atoms. The molecule has 4 atom stereocenters. The molecule has 0 saturated heterocycles. The highest BCUT2D eigenvalue weighted by Crippen LogP contribution is 2.63. The summed E-state index contributed by atoms with van der Waals surface area (Å²) in [5.41, 5.74) is 0.131. The van der Waals surface area contributed by atoms with Crippen LogP contribution in [0.15, 0.2) is 0 Å². The van der Waals surface area contributed by atoms with Crippen LogP contribution in [-0.2, 0) is 4.79 Å². The van der Waals surface area contributed by atoms with Crippen molar-refractivity contribution >= 4 is 5.78 Å². The van der Waals surface area contributed by atoms with Crippen molar-refractivity contribution in [2.75, 3.05) is 0 Å². The molecule has 0 heterocycles. The first-order valence-electron chi connectivity index (χ1n) is 5.25. The van der Waals surface area contributed by atoms with Gasteiger partial charge in [0.05, 0.1) is 0 Å². The van der Waals surface area contributed by atoms with Gasteiger partial charge in [-0.1, -0.05) is 13.3 Å². The van der Waals surface area contributed by atoms with Gasteiger partial charge in [0.15, 0.2) is 0 Å². The summed E-state index contributed by atoms with van der Waals surface area (Å²) < 4.78 is 0. The van der Waals surface area contributed by atoms with Gasteiger partial charge in [0, 0.05) is 11.8 Å². The number of hydrogen-bond acceptors (Lipinski definition) is 1. The molecule has 3 aliphatic rings. The number of hydrogen-bond donors (Lipinski definition) is 0. The van der Waals surface area contributed by atoms with Gasteiger partial charge < -0.3 is 0 Å². The molecule has 0 aromatic heterocycles. The molecule has 2 bridgehead atoms. The molecule has 3 saturated carbocycles. The third-order valence-corrected chi connectivity index (χ3v) is 4.76. The van der Waals surface area contributed by atoms with Crippen LogP contribution in [0.25, 0.3) is 0 Å². The lowest BCUT2D eigenvalue weighted by atomic mass is 9.72. The second-order valence-corrected chi connectivity index (χ2v) is 5.21. The summed E-state index contributed by atoms with van der Waals surface area (Å²) in [6.45, 7) is 2.23. The molecule has 3 rings (SSSR count). The fourth-order valence-corrected chi connectivity index (χ4v) is 4.21. The van der Waals surface area contributed by atoms with Crippen molar-refractivity contribution in [1.29, 1.82) is 0 Å². The maximum atomic E-state index is 11.7. The quantitative estimate of drug-likeness (QED) is 0.537. The van der Waals surface area contributed by atoms with E-state index in [1.807, 2.05) is 0 Å². The fraction of sp³-hybridized carbons (Fsp3) is 0.909. The van der Waals surface area contributed by atoms with Crippen LogP contribution in [0.4, 0.5) is 0 Å². The van der Waals surface area contributed by atoms with Crippen LogP contribution in [0.1, 0.15) is 39.0 Å². The van der Waals surface area contributed by atoms with Crippen molar-refractivity contribution in [2.45, 2.75) is 39.0 Å². The van der Waals surface area contributed by atoms with Gasteiger partial charge in [-0.2, -0.15) is 0 Å². The van der Waals surface area contributed by atoms with Gasteiger partial charge in [-0.15, -0.1) is 0 Å². The smallest absolute Gasteiger partial charge is 0.139 e. The third kappa shape index (κ3) is 0.605. The van der Waals surface area contributed by atoms with Crippen LogP contribution in [0.3, 0.4) is 0 Å². The number of carbonyl (C=O) groups is 1. The number of carbonyl (C=O) groups excluding carboxylic acids is 1. The highest BCUT2D eigenvalue weighted by Gasteiger charge is 2.60. The van der Waals surface area contributed by atoms with Gasteiger partial charge in [-0.25, -0.2) is 0 Å². The Kier molecular flexibility index (Phi) is 1.15. The Morgan fingerprint density at radius 1 is 1.42 bits per heavy atom. The SMILES string of the molecule is CC12CC(CC1=O)[C@@H]1CCC[C@@H]12. The topological polar surface area (TPSA) is 17.1 Å². The molecule has 0 amide bonds. The minimum absolute atomic E-state index is 0.131. The lowest BCUT2D eigenvalue weighted by molar-refractivity contribution is -0.129. The van der Waals surface area contributed by atoms with E-state index in [-0.39, 0.29) is 5.41 Å². The Labute approximate surface area is 73.5 Å². The standard InChI is InChI=1S/C11H16O/c1-11-6-7(5-10(11)12)8-3-2-4-9(8)11/h7-9H,2-6H2,1H3/t7?,8-,9-,11?/m0/s1. The predicted molar refractivity (Wildman–Crippen MR) is 46.7 cm³/mol. The van der Waals surface area contributed by atoms with Crippen molar-refractivity contribution in [2.24, 2.45) is 23.2 Å². The maximum absolute atomic E-state index is 11.7. The van der Waals surface area contributed by atoms with Crippen LogP contribution in [0, 0.1) is 23.2 Å². The van der Waals surface area contributed by atoms with Crippen molar-refractivity contribution < 1.29 is 4.79 Å². The minimum atomic E-state index is 0.131. The molecular weight excluding hydrogens is 148 g/mol. The van der Waals surface area contributed by atoms with Crippen molar-refractivity contribution in [3.8, 4) is 0 Å². The summed E-state index contributed by atoms with van der Waals surface area (Å²) in [6, 6.07) is 0. The zero-order valence-electron chi connectivity index (χ0n) is 7.68. The Morgan fingerprint density at radius 3 is 3.08 bits per heavy atom. The first-order valence-corrected chi connectivity index (χ1v) is 5.25. The fourth-order valence-electron chi connectivity index (χ4n) is 4.21.